The number of hydrogen-bond donors (Lipinski definition) is 0. The predicted octanol–water partition coefficient (Wildman–Crippen LogP) is 1.91. The molecule has 0 spiro atoms. The van der Waals surface area contributed by atoms with Crippen LogP contribution in [0.1, 0.15) is 12.8 Å². The normalized spacial score (nSPS) is 17.4. The van der Waals surface area contributed by atoms with E-state index >= 15 is 0 Å². The summed E-state index contributed by atoms with van der Waals surface area (Å²) in [6, 6.07) is 9.53. The van der Waals surface area contributed by atoms with Gasteiger partial charge in [-0.15, -0.1) is 10.2 Å². The van der Waals surface area contributed by atoms with Crippen molar-refractivity contribution in [3.8, 4) is 11.5 Å². The van der Waals surface area contributed by atoms with Crippen molar-refractivity contribution in [2.24, 2.45) is 5.92 Å². The SMILES string of the molecule is O=C(CSc1nnc(-c2ccccc2)o1)N1CCN(C(=O)C2CC2)CC1. The molecule has 1 aliphatic heterocycles. The Labute approximate surface area is 155 Å². The Morgan fingerprint density at radius 2 is 1.73 bits per heavy atom. The molecule has 2 aliphatic rings. The third-order valence-corrected chi connectivity index (χ3v) is 5.42. The minimum absolute atomic E-state index is 0.0352. The van der Waals surface area contributed by atoms with Gasteiger partial charge in [-0.1, -0.05) is 30.0 Å². The minimum atomic E-state index is 0.0352. The van der Waals surface area contributed by atoms with Crippen LogP contribution in [-0.2, 0) is 9.59 Å². The number of aromatic nitrogens is 2. The Morgan fingerprint density at radius 3 is 2.42 bits per heavy atom. The van der Waals surface area contributed by atoms with E-state index in [0.29, 0.717) is 37.3 Å². The number of nitrogens with zero attached hydrogens (tertiary/aromatic N) is 4. The first-order valence-corrected chi connectivity index (χ1v) is 9.77. The van der Waals surface area contributed by atoms with Crippen molar-refractivity contribution in [2.75, 3.05) is 31.9 Å². The van der Waals surface area contributed by atoms with Gasteiger partial charge in [0.05, 0.1) is 5.75 Å². The Balaban J connectivity index is 1.25. The lowest BCUT2D eigenvalue weighted by atomic mass is 10.2. The summed E-state index contributed by atoms with van der Waals surface area (Å²) in [5.74, 6) is 1.24. The van der Waals surface area contributed by atoms with Gasteiger partial charge >= 0.3 is 0 Å². The number of carbonyl (C=O) groups is 2. The number of thioether (sulfide) groups is 1. The topological polar surface area (TPSA) is 79.5 Å². The molecule has 1 aromatic carbocycles. The van der Waals surface area contributed by atoms with Gasteiger partial charge in [-0.05, 0) is 25.0 Å². The van der Waals surface area contributed by atoms with Gasteiger partial charge in [0.1, 0.15) is 0 Å². The number of benzene rings is 1. The molecule has 4 rings (SSSR count). The summed E-state index contributed by atoms with van der Waals surface area (Å²) in [6.45, 7) is 2.45. The van der Waals surface area contributed by atoms with Crippen molar-refractivity contribution in [1.82, 2.24) is 20.0 Å². The van der Waals surface area contributed by atoms with Gasteiger partial charge in [-0.3, -0.25) is 9.59 Å². The highest BCUT2D eigenvalue weighted by Crippen LogP contribution is 2.31. The molecule has 26 heavy (non-hydrogen) atoms. The lowest BCUT2D eigenvalue weighted by Gasteiger charge is -2.34. The zero-order valence-corrected chi connectivity index (χ0v) is 15.2. The van der Waals surface area contributed by atoms with Gasteiger partial charge in [0, 0.05) is 37.7 Å². The quantitative estimate of drug-likeness (QED) is 0.746. The fourth-order valence-corrected chi connectivity index (χ4v) is 3.61. The summed E-state index contributed by atoms with van der Waals surface area (Å²) in [6.07, 6.45) is 2.04. The summed E-state index contributed by atoms with van der Waals surface area (Å²) < 4.78 is 5.61. The van der Waals surface area contributed by atoms with E-state index in [1.807, 2.05) is 35.2 Å². The van der Waals surface area contributed by atoms with Crippen molar-refractivity contribution in [2.45, 2.75) is 18.1 Å². The van der Waals surface area contributed by atoms with Crippen LogP contribution in [0.3, 0.4) is 0 Å². The fraction of sp³-hybridized carbons (Fsp3) is 0.444. The number of piperazine rings is 1. The number of carbonyl (C=O) groups excluding carboxylic acids is 2. The van der Waals surface area contributed by atoms with Gasteiger partial charge < -0.3 is 14.2 Å². The van der Waals surface area contributed by atoms with Gasteiger partial charge in [-0.2, -0.15) is 0 Å². The molecule has 7 nitrogen and oxygen atoms in total. The fourth-order valence-electron chi connectivity index (χ4n) is 2.94. The highest BCUT2D eigenvalue weighted by Gasteiger charge is 2.35. The van der Waals surface area contributed by atoms with E-state index in [9.17, 15) is 9.59 Å². The molecule has 1 saturated heterocycles. The molecule has 0 radical (unpaired) electrons. The summed E-state index contributed by atoms with van der Waals surface area (Å²) in [7, 11) is 0. The van der Waals surface area contributed by atoms with Gasteiger partial charge in [0.15, 0.2) is 0 Å². The Morgan fingerprint density at radius 1 is 1.04 bits per heavy atom. The van der Waals surface area contributed by atoms with Crippen molar-refractivity contribution in [1.29, 1.82) is 0 Å². The number of amides is 2. The molecule has 0 N–H and O–H groups in total. The molecule has 1 aromatic heterocycles. The third kappa shape index (κ3) is 3.90. The summed E-state index contributed by atoms with van der Waals surface area (Å²) in [5, 5.41) is 8.40. The van der Waals surface area contributed by atoms with Gasteiger partial charge in [0.25, 0.3) is 5.22 Å². The molecule has 2 fully saturated rings. The lowest BCUT2D eigenvalue weighted by molar-refractivity contribution is -0.139. The van der Waals surface area contributed by atoms with E-state index in [1.54, 1.807) is 4.90 Å². The van der Waals surface area contributed by atoms with Crippen LogP contribution < -0.4 is 0 Å². The van der Waals surface area contributed by atoms with Gasteiger partial charge in [-0.25, -0.2) is 0 Å². The second-order valence-electron chi connectivity index (χ2n) is 6.51. The van der Waals surface area contributed by atoms with Crippen LogP contribution in [0.5, 0.6) is 0 Å². The van der Waals surface area contributed by atoms with E-state index in [0.717, 1.165) is 18.4 Å². The summed E-state index contributed by atoms with van der Waals surface area (Å²) in [4.78, 5) is 28.1. The van der Waals surface area contributed by atoms with E-state index in [2.05, 4.69) is 10.2 Å². The largest absolute Gasteiger partial charge is 0.411 e. The van der Waals surface area contributed by atoms with Gasteiger partial charge in [0.2, 0.25) is 17.7 Å². The Hall–Kier alpha value is -2.35. The van der Waals surface area contributed by atoms with E-state index in [4.69, 9.17) is 4.42 Å². The maximum absolute atomic E-state index is 12.4. The van der Waals surface area contributed by atoms with Crippen LogP contribution in [0, 0.1) is 5.92 Å². The monoisotopic (exact) mass is 372 g/mol. The second-order valence-corrected chi connectivity index (χ2v) is 7.43. The molecule has 1 aliphatic carbocycles. The van der Waals surface area contributed by atoms with Crippen LogP contribution in [0.15, 0.2) is 40.0 Å². The van der Waals surface area contributed by atoms with Crippen LogP contribution in [0.25, 0.3) is 11.5 Å². The third-order valence-electron chi connectivity index (χ3n) is 4.62. The first kappa shape index (κ1) is 17.1. The molecule has 8 heteroatoms. The zero-order chi connectivity index (χ0) is 17.9. The molecule has 0 bridgehead atoms. The van der Waals surface area contributed by atoms with Crippen LogP contribution in [0.4, 0.5) is 0 Å². The zero-order valence-electron chi connectivity index (χ0n) is 14.3. The molecular formula is C18H20N4O3S. The molecule has 136 valence electrons. The number of rotatable bonds is 5. The predicted molar refractivity (Wildman–Crippen MR) is 96.3 cm³/mol. The first-order valence-electron chi connectivity index (χ1n) is 8.79. The van der Waals surface area contributed by atoms with E-state index in [1.165, 1.54) is 11.8 Å². The van der Waals surface area contributed by atoms with Crippen LogP contribution in [0.2, 0.25) is 0 Å². The molecule has 2 aromatic rings. The molecule has 0 unspecified atom stereocenters. The Bertz CT molecular complexity index is 783. The molecule has 1 saturated carbocycles. The van der Waals surface area contributed by atoms with Crippen molar-refractivity contribution >= 4 is 23.6 Å². The van der Waals surface area contributed by atoms with E-state index in [-0.39, 0.29) is 23.5 Å². The average molecular weight is 372 g/mol. The maximum Gasteiger partial charge on any atom is 0.277 e. The van der Waals surface area contributed by atoms with Crippen molar-refractivity contribution in [3.05, 3.63) is 30.3 Å². The lowest BCUT2D eigenvalue weighted by Crippen LogP contribution is -2.51. The van der Waals surface area contributed by atoms with E-state index < -0.39 is 0 Å². The Kier molecular flexibility index (Phi) is 4.92. The number of hydrogen-bond acceptors (Lipinski definition) is 6. The molecular weight excluding hydrogens is 352 g/mol. The second kappa shape index (κ2) is 7.49. The van der Waals surface area contributed by atoms with Crippen LogP contribution >= 0.6 is 11.8 Å². The molecule has 0 atom stereocenters. The summed E-state index contributed by atoms with van der Waals surface area (Å²) >= 11 is 1.25. The molecule has 2 heterocycles. The van der Waals surface area contributed by atoms with Crippen LogP contribution in [-0.4, -0.2) is 63.7 Å². The maximum atomic E-state index is 12.4. The average Bonchev–Trinajstić information content (AvgIpc) is 3.44. The summed E-state index contributed by atoms with van der Waals surface area (Å²) in [5.41, 5.74) is 0.856. The molecule has 2 amide bonds. The van der Waals surface area contributed by atoms with Crippen molar-refractivity contribution < 1.29 is 14.0 Å². The minimum Gasteiger partial charge on any atom is -0.411 e. The standard InChI is InChI=1S/C18H20N4O3S/c23-15(21-8-10-22(11-9-21)17(24)14-6-7-14)12-26-18-20-19-16(25-18)13-4-2-1-3-5-13/h1-5,14H,6-12H2. The smallest absolute Gasteiger partial charge is 0.277 e. The highest BCUT2D eigenvalue weighted by atomic mass is 32.2. The highest BCUT2D eigenvalue weighted by molar-refractivity contribution is 7.99. The van der Waals surface area contributed by atoms with Crippen molar-refractivity contribution in [3.63, 3.8) is 0 Å². The first-order chi connectivity index (χ1) is 12.7.